The van der Waals surface area contributed by atoms with Gasteiger partial charge in [0, 0.05) is 17.9 Å². The van der Waals surface area contributed by atoms with Crippen LogP contribution in [0.4, 0.5) is 11.5 Å². The lowest BCUT2D eigenvalue weighted by molar-refractivity contribution is -0.124. The Hall–Kier alpha value is -2.14. The first-order valence-corrected chi connectivity index (χ1v) is 12.3. The monoisotopic (exact) mass is 435 g/mol. The van der Waals surface area contributed by atoms with Crippen molar-refractivity contribution in [3.05, 3.63) is 30.3 Å². The summed E-state index contributed by atoms with van der Waals surface area (Å²) in [6.07, 6.45) is 8.53. The summed E-state index contributed by atoms with van der Waals surface area (Å²) in [5.74, 6) is 3.35. The van der Waals surface area contributed by atoms with Gasteiger partial charge in [-0.2, -0.15) is 0 Å². The Balaban J connectivity index is 1.38. The molecule has 1 heterocycles. The smallest absolute Gasteiger partial charge is 0.224 e. The van der Waals surface area contributed by atoms with Crippen LogP contribution in [0, 0.1) is 28.6 Å². The van der Waals surface area contributed by atoms with Crippen LogP contribution in [0.15, 0.2) is 30.3 Å². The molecule has 1 amide bonds. The molecule has 6 rings (SSSR count). The molecule has 0 radical (unpaired) electrons. The third-order valence-corrected chi connectivity index (χ3v) is 8.24. The Kier molecular flexibility index (Phi) is 5.43. The zero-order valence-corrected chi connectivity index (χ0v) is 19.7. The Morgan fingerprint density at radius 1 is 1.12 bits per heavy atom. The molecule has 0 unspecified atom stereocenters. The van der Waals surface area contributed by atoms with E-state index in [1.165, 1.54) is 38.5 Å². The minimum Gasteiger partial charge on any atom is -0.394 e. The van der Waals surface area contributed by atoms with Gasteiger partial charge in [0.05, 0.1) is 23.9 Å². The number of amides is 1. The molecule has 4 saturated carbocycles. The fourth-order valence-corrected chi connectivity index (χ4v) is 7.11. The van der Waals surface area contributed by atoms with Crippen molar-refractivity contribution >= 4 is 28.3 Å². The summed E-state index contributed by atoms with van der Waals surface area (Å²) in [6, 6.07) is 9.73. The van der Waals surface area contributed by atoms with Gasteiger partial charge in [-0.05, 0) is 73.2 Å². The van der Waals surface area contributed by atoms with Gasteiger partial charge < -0.3 is 15.7 Å². The highest BCUT2D eigenvalue weighted by Gasteiger charge is 2.51. The first-order chi connectivity index (χ1) is 15.2. The molecule has 4 aliphatic carbocycles. The maximum Gasteiger partial charge on any atom is 0.224 e. The van der Waals surface area contributed by atoms with Crippen LogP contribution >= 0.6 is 0 Å². The van der Waals surface area contributed by atoms with E-state index in [9.17, 15) is 9.90 Å². The lowest BCUT2D eigenvalue weighted by Gasteiger charge is -2.56. The van der Waals surface area contributed by atoms with Gasteiger partial charge in [-0.15, -0.1) is 0 Å². The van der Waals surface area contributed by atoms with Crippen LogP contribution in [0.5, 0.6) is 0 Å². The number of hydrogen-bond acceptors (Lipinski definition) is 4. The van der Waals surface area contributed by atoms with E-state index >= 15 is 0 Å². The topological polar surface area (TPSA) is 74.2 Å². The standard InChI is InChI=1S/C27H37N3O2/c1-26(2,3)23(16-31)30-24-11-22(20-6-4-5-7-21(20)28-24)29-25(32)15-27-12-17-8-18(13-27)10-19(9-17)14-27/h4-7,11,17-19,23,31H,8-10,12-16H2,1-3H3,(H2,28,29,30,32)/t17?,18?,19?,23-,27?/m0/s1. The SMILES string of the molecule is CC(C)(C)[C@H](CO)Nc1cc(NC(=O)CC23CC4CC(CC(C4)C2)C3)c2ccccc2n1. The van der Waals surface area contributed by atoms with Crippen molar-refractivity contribution in [3.8, 4) is 0 Å². The van der Waals surface area contributed by atoms with Crippen molar-refractivity contribution in [3.63, 3.8) is 0 Å². The number of carbonyl (C=O) groups excluding carboxylic acids is 1. The van der Waals surface area contributed by atoms with E-state index in [1.54, 1.807) is 0 Å². The van der Waals surface area contributed by atoms with Crippen LogP contribution in [0.3, 0.4) is 0 Å². The number of benzene rings is 1. The molecule has 3 N–H and O–H groups in total. The fraction of sp³-hybridized carbons (Fsp3) is 0.630. The molecule has 1 aromatic carbocycles. The number of aromatic nitrogens is 1. The Labute approximate surface area is 191 Å². The number of hydrogen-bond donors (Lipinski definition) is 3. The third kappa shape index (κ3) is 4.24. The van der Waals surface area contributed by atoms with Crippen molar-refractivity contribution < 1.29 is 9.90 Å². The van der Waals surface area contributed by atoms with Crippen molar-refractivity contribution in [1.82, 2.24) is 4.98 Å². The molecule has 1 aromatic heterocycles. The molecule has 172 valence electrons. The highest BCUT2D eigenvalue weighted by molar-refractivity contribution is 6.02. The number of nitrogens with zero attached hydrogens (tertiary/aromatic N) is 1. The maximum atomic E-state index is 13.3. The molecular weight excluding hydrogens is 398 g/mol. The van der Waals surface area contributed by atoms with Crippen LogP contribution in [0.1, 0.15) is 65.7 Å². The van der Waals surface area contributed by atoms with Crippen molar-refractivity contribution in [2.45, 2.75) is 71.8 Å². The molecule has 0 saturated heterocycles. The van der Waals surface area contributed by atoms with Crippen LogP contribution < -0.4 is 10.6 Å². The summed E-state index contributed by atoms with van der Waals surface area (Å²) < 4.78 is 0. The number of para-hydroxylation sites is 1. The average molecular weight is 436 g/mol. The number of anilines is 2. The quantitative estimate of drug-likeness (QED) is 0.552. The number of rotatable bonds is 6. The van der Waals surface area contributed by atoms with Gasteiger partial charge >= 0.3 is 0 Å². The van der Waals surface area contributed by atoms with E-state index in [0.717, 1.165) is 34.3 Å². The van der Waals surface area contributed by atoms with E-state index in [0.29, 0.717) is 12.2 Å². The van der Waals surface area contributed by atoms with Crippen LogP contribution in [0.25, 0.3) is 10.9 Å². The molecule has 1 atom stereocenters. The third-order valence-electron chi connectivity index (χ3n) is 8.24. The van der Waals surface area contributed by atoms with Crippen LogP contribution in [-0.4, -0.2) is 28.6 Å². The number of pyridine rings is 1. The predicted molar refractivity (Wildman–Crippen MR) is 130 cm³/mol. The van der Waals surface area contributed by atoms with Gasteiger partial charge in [0.15, 0.2) is 0 Å². The van der Waals surface area contributed by atoms with Crippen molar-refractivity contribution in [2.75, 3.05) is 17.2 Å². The second-order valence-corrected chi connectivity index (χ2v) is 12.0. The summed E-state index contributed by atoms with van der Waals surface area (Å²) in [7, 11) is 0. The van der Waals surface area contributed by atoms with Gasteiger partial charge in [0.1, 0.15) is 5.82 Å². The first kappa shape index (κ1) is 21.7. The van der Waals surface area contributed by atoms with E-state index < -0.39 is 0 Å². The predicted octanol–water partition coefficient (Wildman–Crippen LogP) is 5.60. The number of aliphatic hydroxyl groups is 1. The zero-order chi connectivity index (χ0) is 22.5. The largest absolute Gasteiger partial charge is 0.394 e. The average Bonchev–Trinajstić information content (AvgIpc) is 2.69. The van der Waals surface area contributed by atoms with Gasteiger partial charge in [0.25, 0.3) is 0 Å². The van der Waals surface area contributed by atoms with E-state index in [-0.39, 0.29) is 29.4 Å². The van der Waals surface area contributed by atoms with Crippen molar-refractivity contribution in [1.29, 1.82) is 0 Å². The molecule has 5 heteroatoms. The molecule has 4 fully saturated rings. The van der Waals surface area contributed by atoms with E-state index in [2.05, 4.69) is 31.4 Å². The molecule has 4 aliphatic rings. The van der Waals surface area contributed by atoms with Gasteiger partial charge in [0.2, 0.25) is 5.91 Å². The number of nitrogens with one attached hydrogen (secondary N) is 2. The summed E-state index contributed by atoms with van der Waals surface area (Å²) in [6.45, 7) is 6.30. The second kappa shape index (κ2) is 8.02. The van der Waals surface area contributed by atoms with Crippen LogP contribution in [0.2, 0.25) is 0 Å². The Morgan fingerprint density at radius 3 is 2.34 bits per heavy atom. The lowest BCUT2D eigenvalue weighted by atomic mass is 9.49. The Bertz CT molecular complexity index is 974. The summed E-state index contributed by atoms with van der Waals surface area (Å²) in [4.78, 5) is 18.0. The summed E-state index contributed by atoms with van der Waals surface area (Å²) in [5, 5.41) is 17.5. The minimum absolute atomic E-state index is 0.0196. The Morgan fingerprint density at radius 2 is 1.75 bits per heavy atom. The lowest BCUT2D eigenvalue weighted by Crippen LogP contribution is -2.47. The van der Waals surface area contributed by atoms with E-state index in [1.807, 2.05) is 30.3 Å². The second-order valence-electron chi connectivity index (χ2n) is 12.0. The molecule has 4 bridgehead atoms. The highest BCUT2D eigenvalue weighted by atomic mass is 16.3. The highest BCUT2D eigenvalue weighted by Crippen LogP contribution is 2.61. The minimum atomic E-state index is -0.133. The summed E-state index contributed by atoms with van der Waals surface area (Å²) >= 11 is 0. The van der Waals surface area contributed by atoms with E-state index in [4.69, 9.17) is 4.98 Å². The molecule has 0 spiro atoms. The summed E-state index contributed by atoms with van der Waals surface area (Å²) in [5.41, 5.74) is 1.74. The maximum absolute atomic E-state index is 13.3. The van der Waals surface area contributed by atoms with Crippen LogP contribution in [-0.2, 0) is 4.79 Å². The molecular formula is C27H37N3O2. The van der Waals surface area contributed by atoms with Crippen molar-refractivity contribution in [2.24, 2.45) is 28.6 Å². The molecule has 2 aromatic rings. The normalized spacial score (nSPS) is 29.8. The van der Waals surface area contributed by atoms with Gasteiger partial charge in [-0.3, -0.25) is 4.79 Å². The van der Waals surface area contributed by atoms with Gasteiger partial charge in [-0.1, -0.05) is 39.0 Å². The fourth-order valence-electron chi connectivity index (χ4n) is 7.11. The van der Waals surface area contributed by atoms with Gasteiger partial charge in [-0.25, -0.2) is 4.98 Å². The number of carbonyl (C=O) groups is 1. The number of aliphatic hydroxyl groups excluding tert-OH is 1. The molecule has 32 heavy (non-hydrogen) atoms. The number of fused-ring (bicyclic) bond motifs is 1. The zero-order valence-electron chi connectivity index (χ0n) is 19.7. The molecule has 0 aliphatic heterocycles. The first-order valence-electron chi connectivity index (χ1n) is 12.3. The molecule has 5 nitrogen and oxygen atoms in total.